The van der Waals surface area contributed by atoms with E-state index in [0.29, 0.717) is 39.8 Å². The molecule has 0 spiro atoms. The number of rotatable bonds is 7. The number of nitrogens with zero attached hydrogens (tertiary/aromatic N) is 1. The first kappa shape index (κ1) is 22.5. The summed E-state index contributed by atoms with van der Waals surface area (Å²) in [7, 11) is 0. The van der Waals surface area contributed by atoms with Gasteiger partial charge >= 0.3 is 5.97 Å². The number of nitrogens with one attached hydrogen (secondary N) is 1. The minimum absolute atomic E-state index is 0.304. The fourth-order valence-corrected chi connectivity index (χ4v) is 3.09. The number of carbonyl (C=O) groups is 2. The third-order valence-corrected chi connectivity index (χ3v) is 4.80. The molecule has 0 radical (unpaired) electrons. The summed E-state index contributed by atoms with van der Waals surface area (Å²) in [6.45, 7) is 2.27. The highest BCUT2D eigenvalue weighted by molar-refractivity contribution is 9.10. The highest BCUT2D eigenvalue weighted by atomic mass is 79.9. The van der Waals surface area contributed by atoms with E-state index < -0.39 is 11.9 Å². The van der Waals surface area contributed by atoms with E-state index >= 15 is 0 Å². The number of benzene rings is 3. The second kappa shape index (κ2) is 10.7. The van der Waals surface area contributed by atoms with Crippen LogP contribution in [0.3, 0.4) is 0 Å². The van der Waals surface area contributed by atoms with Crippen LogP contribution in [-0.4, -0.2) is 24.7 Å². The molecule has 0 saturated heterocycles. The number of para-hydroxylation sites is 1. The van der Waals surface area contributed by atoms with Gasteiger partial charge in [-0.2, -0.15) is 5.10 Å². The van der Waals surface area contributed by atoms with Crippen molar-refractivity contribution in [2.75, 3.05) is 6.61 Å². The second-order valence-electron chi connectivity index (χ2n) is 6.21. The number of halogens is 2. The Morgan fingerprint density at radius 3 is 2.55 bits per heavy atom. The highest BCUT2D eigenvalue weighted by Crippen LogP contribution is 2.23. The minimum Gasteiger partial charge on any atom is -0.493 e. The fraction of sp³-hybridized carbons (Fsp3) is 0.0870. The zero-order valence-corrected chi connectivity index (χ0v) is 18.8. The van der Waals surface area contributed by atoms with Crippen molar-refractivity contribution in [3.63, 3.8) is 0 Å². The van der Waals surface area contributed by atoms with Gasteiger partial charge < -0.3 is 9.47 Å². The first-order valence-corrected chi connectivity index (χ1v) is 10.5. The van der Waals surface area contributed by atoms with Crippen LogP contribution in [0, 0.1) is 0 Å². The van der Waals surface area contributed by atoms with Crippen molar-refractivity contribution in [3.8, 4) is 11.5 Å². The molecule has 158 valence electrons. The van der Waals surface area contributed by atoms with Gasteiger partial charge in [-0.3, -0.25) is 4.79 Å². The maximum atomic E-state index is 12.5. The molecule has 0 bridgehead atoms. The van der Waals surface area contributed by atoms with Crippen LogP contribution in [0.5, 0.6) is 11.5 Å². The highest BCUT2D eigenvalue weighted by Gasteiger charge is 2.13. The molecule has 0 aromatic heterocycles. The lowest BCUT2D eigenvalue weighted by Gasteiger charge is -2.09. The van der Waals surface area contributed by atoms with Gasteiger partial charge in [0.05, 0.1) is 23.9 Å². The molecule has 0 fully saturated rings. The Morgan fingerprint density at radius 2 is 1.81 bits per heavy atom. The monoisotopic (exact) mass is 500 g/mol. The van der Waals surface area contributed by atoms with Crippen LogP contribution in [-0.2, 0) is 0 Å². The Labute approximate surface area is 193 Å². The molecule has 0 aliphatic heterocycles. The third kappa shape index (κ3) is 6.16. The molecular formula is C23H18BrClN2O4. The molecule has 1 amide bonds. The van der Waals surface area contributed by atoms with Gasteiger partial charge in [0.25, 0.3) is 5.91 Å². The Morgan fingerprint density at radius 1 is 1.06 bits per heavy atom. The average molecular weight is 502 g/mol. The molecule has 3 rings (SSSR count). The van der Waals surface area contributed by atoms with Crippen LogP contribution in [0.1, 0.15) is 33.2 Å². The standard InChI is InChI=1S/C23H18BrClN2O4/c1-2-30-21-12-9-17(24)13-19(21)22(28)27-26-14-16-5-3-4-6-20(16)31-23(29)15-7-10-18(25)11-8-15/h3-14H,2H2,1H3,(H,27,28). The summed E-state index contributed by atoms with van der Waals surface area (Å²) in [4.78, 5) is 24.9. The second-order valence-corrected chi connectivity index (χ2v) is 7.56. The van der Waals surface area contributed by atoms with Crippen LogP contribution in [0.15, 0.2) is 76.3 Å². The van der Waals surface area contributed by atoms with Crippen LogP contribution in [0.2, 0.25) is 5.02 Å². The number of ether oxygens (including phenoxy) is 2. The van der Waals surface area contributed by atoms with Gasteiger partial charge in [-0.05, 0) is 61.5 Å². The van der Waals surface area contributed by atoms with Crippen molar-refractivity contribution in [1.82, 2.24) is 5.43 Å². The van der Waals surface area contributed by atoms with Crippen LogP contribution < -0.4 is 14.9 Å². The molecule has 31 heavy (non-hydrogen) atoms. The number of esters is 1. The molecule has 0 heterocycles. The Bertz CT molecular complexity index is 1120. The fourth-order valence-electron chi connectivity index (χ4n) is 2.61. The maximum Gasteiger partial charge on any atom is 0.343 e. The smallest absolute Gasteiger partial charge is 0.343 e. The first-order valence-electron chi connectivity index (χ1n) is 9.30. The van der Waals surface area contributed by atoms with E-state index in [1.165, 1.54) is 6.21 Å². The molecule has 0 aliphatic carbocycles. The molecule has 6 nitrogen and oxygen atoms in total. The molecule has 0 atom stereocenters. The summed E-state index contributed by atoms with van der Waals surface area (Å²) in [5.74, 6) is -0.206. The largest absolute Gasteiger partial charge is 0.493 e. The third-order valence-electron chi connectivity index (χ3n) is 4.06. The molecule has 0 aliphatic rings. The Kier molecular flexibility index (Phi) is 7.81. The van der Waals surface area contributed by atoms with Crippen molar-refractivity contribution in [2.24, 2.45) is 5.10 Å². The summed E-state index contributed by atoms with van der Waals surface area (Å²) >= 11 is 9.20. The van der Waals surface area contributed by atoms with Crippen molar-refractivity contribution in [3.05, 3.63) is 92.9 Å². The van der Waals surface area contributed by atoms with Crippen LogP contribution in [0.25, 0.3) is 0 Å². The normalized spacial score (nSPS) is 10.7. The van der Waals surface area contributed by atoms with Gasteiger partial charge in [0.2, 0.25) is 0 Å². The van der Waals surface area contributed by atoms with Crippen molar-refractivity contribution >= 4 is 45.6 Å². The number of hydrogen-bond acceptors (Lipinski definition) is 5. The van der Waals surface area contributed by atoms with E-state index in [2.05, 4.69) is 26.5 Å². The molecular weight excluding hydrogens is 484 g/mol. The van der Waals surface area contributed by atoms with Gasteiger partial charge in [-0.25, -0.2) is 10.2 Å². The van der Waals surface area contributed by atoms with Gasteiger partial charge in [-0.15, -0.1) is 0 Å². The van der Waals surface area contributed by atoms with E-state index in [1.807, 2.05) is 6.92 Å². The number of amides is 1. The zero-order valence-electron chi connectivity index (χ0n) is 16.5. The number of hydrogen-bond donors (Lipinski definition) is 1. The summed E-state index contributed by atoms with van der Waals surface area (Å²) in [6, 6.07) is 18.4. The average Bonchev–Trinajstić information content (AvgIpc) is 2.76. The molecule has 0 unspecified atom stereocenters. The van der Waals surface area contributed by atoms with Crippen molar-refractivity contribution < 1.29 is 19.1 Å². The molecule has 8 heteroatoms. The lowest BCUT2D eigenvalue weighted by Crippen LogP contribution is -2.19. The van der Waals surface area contributed by atoms with Crippen molar-refractivity contribution in [2.45, 2.75) is 6.92 Å². The predicted octanol–water partition coefficient (Wildman–Crippen LogP) is 5.48. The molecule has 0 saturated carbocycles. The van der Waals surface area contributed by atoms with Crippen LogP contribution in [0.4, 0.5) is 0 Å². The lowest BCUT2D eigenvalue weighted by molar-refractivity contribution is 0.0734. The topological polar surface area (TPSA) is 77.0 Å². The van der Waals surface area contributed by atoms with E-state index in [9.17, 15) is 9.59 Å². The van der Waals surface area contributed by atoms with Crippen molar-refractivity contribution in [1.29, 1.82) is 0 Å². The van der Waals surface area contributed by atoms with E-state index in [1.54, 1.807) is 66.7 Å². The van der Waals surface area contributed by atoms with E-state index in [0.717, 1.165) is 4.47 Å². The van der Waals surface area contributed by atoms with Gasteiger partial charge in [-0.1, -0.05) is 39.7 Å². The Balaban J connectivity index is 1.72. The quantitative estimate of drug-likeness (QED) is 0.201. The lowest BCUT2D eigenvalue weighted by atomic mass is 10.2. The Hall–Kier alpha value is -3.16. The summed E-state index contributed by atoms with van der Waals surface area (Å²) < 4.78 is 11.7. The summed E-state index contributed by atoms with van der Waals surface area (Å²) in [5, 5.41) is 4.52. The maximum absolute atomic E-state index is 12.5. The SMILES string of the molecule is CCOc1ccc(Br)cc1C(=O)NN=Cc1ccccc1OC(=O)c1ccc(Cl)cc1. The molecule has 1 N–H and O–H groups in total. The van der Waals surface area contributed by atoms with E-state index in [-0.39, 0.29) is 0 Å². The minimum atomic E-state index is -0.531. The van der Waals surface area contributed by atoms with Crippen LogP contribution >= 0.6 is 27.5 Å². The molecule has 3 aromatic carbocycles. The predicted molar refractivity (Wildman–Crippen MR) is 123 cm³/mol. The zero-order chi connectivity index (χ0) is 22.2. The van der Waals surface area contributed by atoms with E-state index in [4.69, 9.17) is 21.1 Å². The van der Waals surface area contributed by atoms with Gasteiger partial charge in [0.15, 0.2) is 0 Å². The summed E-state index contributed by atoms with van der Waals surface area (Å²) in [5.41, 5.74) is 3.69. The first-order chi connectivity index (χ1) is 15.0. The van der Waals surface area contributed by atoms with Gasteiger partial charge in [0, 0.05) is 15.1 Å². The number of hydrazone groups is 1. The summed E-state index contributed by atoms with van der Waals surface area (Å²) in [6.07, 6.45) is 1.40. The van der Waals surface area contributed by atoms with Gasteiger partial charge in [0.1, 0.15) is 11.5 Å². The number of carbonyl (C=O) groups excluding carboxylic acids is 2. The molecule has 3 aromatic rings.